The summed E-state index contributed by atoms with van der Waals surface area (Å²) in [6.45, 7) is 5.76. The first-order chi connectivity index (χ1) is 14.8. The largest absolute Gasteiger partial charge is 0.491 e. The van der Waals surface area contributed by atoms with E-state index in [1.54, 1.807) is 48.5 Å². The minimum Gasteiger partial charge on any atom is -0.491 e. The molecule has 31 heavy (non-hydrogen) atoms. The van der Waals surface area contributed by atoms with E-state index in [0.29, 0.717) is 22.7 Å². The average molecular weight is 438 g/mol. The van der Waals surface area contributed by atoms with Crippen molar-refractivity contribution in [3.05, 3.63) is 77.7 Å². The molecule has 3 N–H and O–H groups in total. The standard InChI is InChI=1S/C23H23N3O4S/c1-14(2)30-18-10-7-16(8-11-18)21(27)26-23(31)25-19-13-17(9-6-15(19)3)24-22(28)20-5-4-12-29-20/h4-14H,1-3H3,(H,24,28)(H2,25,26,27,31). The fourth-order valence-corrected chi connectivity index (χ4v) is 2.92. The third-order valence-electron chi connectivity index (χ3n) is 4.20. The molecule has 0 radical (unpaired) electrons. The van der Waals surface area contributed by atoms with Crippen molar-refractivity contribution in [3.63, 3.8) is 0 Å². The van der Waals surface area contributed by atoms with Gasteiger partial charge in [0.1, 0.15) is 5.75 Å². The van der Waals surface area contributed by atoms with Crippen LogP contribution in [0.15, 0.2) is 65.3 Å². The topological polar surface area (TPSA) is 92.6 Å². The smallest absolute Gasteiger partial charge is 0.291 e. The van der Waals surface area contributed by atoms with Gasteiger partial charge in [0.25, 0.3) is 11.8 Å². The lowest BCUT2D eigenvalue weighted by molar-refractivity contribution is 0.0975. The van der Waals surface area contributed by atoms with Crippen LogP contribution in [0, 0.1) is 6.92 Å². The summed E-state index contributed by atoms with van der Waals surface area (Å²) in [7, 11) is 0. The Hall–Kier alpha value is -3.65. The van der Waals surface area contributed by atoms with E-state index in [0.717, 1.165) is 5.56 Å². The van der Waals surface area contributed by atoms with E-state index in [1.807, 2.05) is 26.8 Å². The lowest BCUT2D eigenvalue weighted by Gasteiger charge is -2.14. The molecule has 2 amide bonds. The minimum absolute atomic E-state index is 0.0549. The summed E-state index contributed by atoms with van der Waals surface area (Å²) in [5.74, 6) is 0.202. The Bertz CT molecular complexity index is 1080. The van der Waals surface area contributed by atoms with E-state index in [-0.39, 0.29) is 28.8 Å². The van der Waals surface area contributed by atoms with Crippen molar-refractivity contribution in [3.8, 4) is 5.75 Å². The van der Waals surface area contributed by atoms with Gasteiger partial charge in [-0.05, 0) is 87.1 Å². The van der Waals surface area contributed by atoms with E-state index < -0.39 is 0 Å². The molecule has 3 rings (SSSR count). The highest BCUT2D eigenvalue weighted by Crippen LogP contribution is 2.21. The van der Waals surface area contributed by atoms with Crippen molar-refractivity contribution < 1.29 is 18.7 Å². The van der Waals surface area contributed by atoms with Crippen LogP contribution in [0.2, 0.25) is 0 Å². The Balaban J connectivity index is 1.61. The third-order valence-corrected chi connectivity index (χ3v) is 4.41. The van der Waals surface area contributed by atoms with Crippen molar-refractivity contribution in [2.24, 2.45) is 0 Å². The van der Waals surface area contributed by atoms with Gasteiger partial charge in [-0.2, -0.15) is 0 Å². The van der Waals surface area contributed by atoms with Gasteiger partial charge in [-0.15, -0.1) is 0 Å². The molecule has 3 aromatic rings. The molecule has 0 spiro atoms. The van der Waals surface area contributed by atoms with Crippen LogP contribution in [0.3, 0.4) is 0 Å². The van der Waals surface area contributed by atoms with Gasteiger partial charge in [0.05, 0.1) is 12.4 Å². The van der Waals surface area contributed by atoms with Crippen molar-refractivity contribution in [2.75, 3.05) is 10.6 Å². The quantitative estimate of drug-likeness (QED) is 0.482. The zero-order valence-corrected chi connectivity index (χ0v) is 18.2. The van der Waals surface area contributed by atoms with Crippen LogP contribution < -0.4 is 20.7 Å². The molecule has 2 aromatic carbocycles. The molecule has 0 aliphatic rings. The van der Waals surface area contributed by atoms with Crippen molar-refractivity contribution in [1.82, 2.24) is 5.32 Å². The first-order valence-corrected chi connectivity index (χ1v) is 10.1. The number of furan rings is 1. The number of benzene rings is 2. The van der Waals surface area contributed by atoms with Gasteiger partial charge in [-0.1, -0.05) is 6.07 Å². The van der Waals surface area contributed by atoms with Gasteiger partial charge in [-0.3, -0.25) is 14.9 Å². The number of hydrogen-bond acceptors (Lipinski definition) is 5. The molecule has 0 saturated heterocycles. The normalized spacial score (nSPS) is 10.5. The second-order valence-corrected chi connectivity index (χ2v) is 7.47. The second-order valence-electron chi connectivity index (χ2n) is 7.06. The number of hydrogen-bond donors (Lipinski definition) is 3. The zero-order valence-electron chi connectivity index (χ0n) is 17.4. The monoisotopic (exact) mass is 437 g/mol. The molecular weight excluding hydrogens is 414 g/mol. The second kappa shape index (κ2) is 9.90. The molecule has 8 heteroatoms. The molecule has 0 bridgehead atoms. The molecule has 160 valence electrons. The number of amides is 2. The van der Waals surface area contributed by atoms with E-state index in [4.69, 9.17) is 21.4 Å². The predicted molar refractivity (Wildman–Crippen MR) is 124 cm³/mol. The number of rotatable bonds is 6. The summed E-state index contributed by atoms with van der Waals surface area (Å²) in [6, 6.07) is 15.4. The van der Waals surface area contributed by atoms with Crippen LogP contribution in [0.4, 0.5) is 11.4 Å². The molecular formula is C23H23N3O4S. The minimum atomic E-state index is -0.361. The maximum absolute atomic E-state index is 12.5. The van der Waals surface area contributed by atoms with E-state index in [2.05, 4.69) is 16.0 Å². The molecule has 7 nitrogen and oxygen atoms in total. The number of anilines is 2. The van der Waals surface area contributed by atoms with Gasteiger partial charge in [0.2, 0.25) is 0 Å². The van der Waals surface area contributed by atoms with Gasteiger partial charge in [-0.25, -0.2) is 0 Å². The summed E-state index contributed by atoms with van der Waals surface area (Å²) in [5.41, 5.74) is 2.56. The van der Waals surface area contributed by atoms with Gasteiger partial charge in [0, 0.05) is 16.9 Å². The summed E-state index contributed by atoms with van der Waals surface area (Å²) < 4.78 is 10.7. The van der Waals surface area contributed by atoms with Crippen molar-refractivity contribution in [2.45, 2.75) is 26.9 Å². The van der Waals surface area contributed by atoms with Crippen LogP contribution in [-0.4, -0.2) is 23.0 Å². The fraction of sp³-hybridized carbons (Fsp3) is 0.174. The average Bonchev–Trinajstić information content (AvgIpc) is 3.25. The molecule has 0 aliphatic carbocycles. The van der Waals surface area contributed by atoms with E-state index in [1.165, 1.54) is 6.26 Å². The number of aryl methyl sites for hydroxylation is 1. The summed E-state index contributed by atoms with van der Waals surface area (Å²) in [5, 5.41) is 8.55. The molecule has 0 saturated carbocycles. The summed E-state index contributed by atoms with van der Waals surface area (Å²) >= 11 is 5.28. The number of carbonyl (C=O) groups is 2. The van der Waals surface area contributed by atoms with Gasteiger partial charge < -0.3 is 19.8 Å². The fourth-order valence-electron chi connectivity index (χ4n) is 2.72. The number of carbonyl (C=O) groups excluding carboxylic acids is 2. The maximum Gasteiger partial charge on any atom is 0.291 e. The van der Waals surface area contributed by atoms with E-state index in [9.17, 15) is 9.59 Å². The Labute approximate surface area is 185 Å². The summed E-state index contributed by atoms with van der Waals surface area (Å²) in [6.07, 6.45) is 1.49. The lowest BCUT2D eigenvalue weighted by Crippen LogP contribution is -2.34. The molecule has 1 heterocycles. The first-order valence-electron chi connectivity index (χ1n) is 9.66. The number of nitrogens with one attached hydrogen (secondary N) is 3. The van der Waals surface area contributed by atoms with Crippen molar-refractivity contribution >= 4 is 40.5 Å². The van der Waals surface area contributed by atoms with Crippen LogP contribution >= 0.6 is 12.2 Å². The SMILES string of the molecule is Cc1ccc(NC(=O)c2ccco2)cc1NC(=S)NC(=O)c1ccc(OC(C)C)cc1. The maximum atomic E-state index is 12.5. The Morgan fingerprint density at radius 2 is 1.74 bits per heavy atom. The number of thiocarbonyl (C=S) groups is 1. The number of ether oxygens (including phenoxy) is 1. The molecule has 1 aromatic heterocycles. The van der Waals surface area contributed by atoms with Crippen LogP contribution in [0.5, 0.6) is 5.75 Å². The molecule has 0 aliphatic heterocycles. The van der Waals surface area contributed by atoms with Crippen LogP contribution in [-0.2, 0) is 0 Å². The zero-order chi connectivity index (χ0) is 22.4. The molecule has 0 unspecified atom stereocenters. The Kier molecular flexibility index (Phi) is 7.04. The highest BCUT2D eigenvalue weighted by Gasteiger charge is 2.12. The van der Waals surface area contributed by atoms with Gasteiger partial charge in [0.15, 0.2) is 10.9 Å². The van der Waals surface area contributed by atoms with Crippen LogP contribution in [0.1, 0.15) is 40.3 Å². The third kappa shape index (κ3) is 6.16. The highest BCUT2D eigenvalue weighted by molar-refractivity contribution is 7.80. The molecule has 0 atom stereocenters. The van der Waals surface area contributed by atoms with Crippen LogP contribution in [0.25, 0.3) is 0 Å². The van der Waals surface area contributed by atoms with Crippen molar-refractivity contribution in [1.29, 1.82) is 0 Å². The van der Waals surface area contributed by atoms with Gasteiger partial charge >= 0.3 is 0 Å². The Morgan fingerprint density at radius 3 is 2.39 bits per heavy atom. The first kappa shape index (κ1) is 22.0. The lowest BCUT2D eigenvalue weighted by atomic mass is 10.1. The predicted octanol–water partition coefficient (Wildman–Crippen LogP) is 4.75. The Morgan fingerprint density at radius 1 is 1.00 bits per heavy atom. The summed E-state index contributed by atoms with van der Waals surface area (Å²) in [4.78, 5) is 24.6. The molecule has 0 fully saturated rings. The van der Waals surface area contributed by atoms with E-state index >= 15 is 0 Å². The highest BCUT2D eigenvalue weighted by atomic mass is 32.1.